The Balaban J connectivity index is 3.00. The molecule has 0 heterocycles. The Morgan fingerprint density at radius 2 is 1.94 bits per heavy atom. The van der Waals surface area contributed by atoms with Crippen LogP contribution in [0.15, 0.2) is 30.4 Å². The second-order valence-electron chi connectivity index (χ2n) is 4.21. The number of benzene rings is 1. The lowest BCUT2D eigenvalue weighted by Crippen LogP contribution is -2.13. The molecular formula is C14H21NO2. The fourth-order valence-corrected chi connectivity index (χ4v) is 1.86. The van der Waals surface area contributed by atoms with Crippen LogP contribution < -0.4 is 15.2 Å². The molecule has 0 aliphatic heterocycles. The van der Waals surface area contributed by atoms with Gasteiger partial charge in [0.05, 0.1) is 14.2 Å². The minimum atomic E-state index is 0.285. The average Bonchev–Trinajstić information content (AvgIpc) is 2.34. The van der Waals surface area contributed by atoms with Crippen LogP contribution in [0.2, 0.25) is 0 Å². The van der Waals surface area contributed by atoms with Crippen molar-refractivity contribution in [3.63, 3.8) is 0 Å². The molecule has 0 radical (unpaired) electrons. The molecule has 1 rings (SSSR count). The zero-order chi connectivity index (χ0) is 12.8. The predicted molar refractivity (Wildman–Crippen MR) is 70.8 cm³/mol. The molecule has 3 heteroatoms. The number of allylic oxidation sites excluding steroid dienone is 1. The number of rotatable bonds is 6. The Morgan fingerprint density at radius 1 is 1.29 bits per heavy atom. The summed E-state index contributed by atoms with van der Waals surface area (Å²) in [6, 6.07) is 5.93. The number of hydrogen-bond donors (Lipinski definition) is 1. The Bertz CT molecular complexity index is 388. The molecule has 2 N–H and O–H groups in total. The van der Waals surface area contributed by atoms with E-state index in [4.69, 9.17) is 15.2 Å². The van der Waals surface area contributed by atoms with Gasteiger partial charge < -0.3 is 15.2 Å². The maximum absolute atomic E-state index is 5.80. The lowest BCUT2D eigenvalue weighted by atomic mass is 9.93. The van der Waals surface area contributed by atoms with Gasteiger partial charge in [0.1, 0.15) is 0 Å². The van der Waals surface area contributed by atoms with Crippen molar-refractivity contribution in [1.29, 1.82) is 0 Å². The van der Waals surface area contributed by atoms with Gasteiger partial charge in [-0.15, -0.1) is 6.58 Å². The van der Waals surface area contributed by atoms with E-state index in [2.05, 4.69) is 6.58 Å². The fourth-order valence-electron chi connectivity index (χ4n) is 1.86. The molecule has 0 fully saturated rings. The van der Waals surface area contributed by atoms with Crippen LogP contribution in [-0.2, 0) is 0 Å². The third-order valence-electron chi connectivity index (χ3n) is 2.76. The van der Waals surface area contributed by atoms with E-state index in [0.717, 1.165) is 29.1 Å². The van der Waals surface area contributed by atoms with Crippen LogP contribution >= 0.6 is 0 Å². The normalized spacial score (nSPS) is 12.0. The summed E-state index contributed by atoms with van der Waals surface area (Å²) in [7, 11) is 3.27. The molecule has 1 unspecified atom stereocenters. The molecule has 1 atom stereocenters. The zero-order valence-electron chi connectivity index (χ0n) is 10.8. The van der Waals surface area contributed by atoms with Crippen molar-refractivity contribution in [1.82, 2.24) is 0 Å². The van der Waals surface area contributed by atoms with Gasteiger partial charge in [-0.25, -0.2) is 0 Å². The van der Waals surface area contributed by atoms with Gasteiger partial charge in [-0.2, -0.15) is 0 Å². The molecule has 0 bridgehead atoms. The van der Waals surface area contributed by atoms with Crippen molar-refractivity contribution < 1.29 is 9.47 Å². The highest BCUT2D eigenvalue weighted by molar-refractivity contribution is 5.44. The highest BCUT2D eigenvalue weighted by atomic mass is 16.5. The van der Waals surface area contributed by atoms with E-state index in [-0.39, 0.29) is 5.92 Å². The minimum absolute atomic E-state index is 0.285. The van der Waals surface area contributed by atoms with Crippen molar-refractivity contribution >= 4 is 0 Å². The molecule has 0 amide bonds. The molecule has 94 valence electrons. The second-order valence-corrected chi connectivity index (χ2v) is 4.21. The van der Waals surface area contributed by atoms with Crippen LogP contribution in [0.5, 0.6) is 11.5 Å². The summed E-state index contributed by atoms with van der Waals surface area (Å²) in [5.74, 6) is 1.76. The highest BCUT2D eigenvalue weighted by Gasteiger charge is 2.13. The molecule has 0 aliphatic carbocycles. The van der Waals surface area contributed by atoms with Crippen molar-refractivity contribution in [3.05, 3.63) is 35.9 Å². The summed E-state index contributed by atoms with van der Waals surface area (Å²) in [5, 5.41) is 0. The summed E-state index contributed by atoms with van der Waals surface area (Å²) in [4.78, 5) is 0. The van der Waals surface area contributed by atoms with Crippen molar-refractivity contribution in [2.45, 2.75) is 19.3 Å². The molecule has 0 saturated carbocycles. The first-order chi connectivity index (χ1) is 8.12. The van der Waals surface area contributed by atoms with Gasteiger partial charge >= 0.3 is 0 Å². The fraction of sp³-hybridized carbons (Fsp3) is 0.429. The van der Waals surface area contributed by atoms with Gasteiger partial charge in [0.25, 0.3) is 0 Å². The van der Waals surface area contributed by atoms with Crippen molar-refractivity contribution in [3.8, 4) is 11.5 Å². The minimum Gasteiger partial charge on any atom is -0.493 e. The maximum Gasteiger partial charge on any atom is 0.160 e. The first-order valence-corrected chi connectivity index (χ1v) is 5.68. The molecule has 0 aromatic heterocycles. The van der Waals surface area contributed by atoms with Crippen LogP contribution in [0.1, 0.15) is 24.8 Å². The SMILES string of the molecule is C=C(C)CC(CN)c1ccc(OC)c(OC)c1. The molecule has 0 spiro atoms. The molecule has 0 saturated heterocycles. The van der Waals surface area contributed by atoms with Crippen LogP contribution in [0.3, 0.4) is 0 Å². The largest absolute Gasteiger partial charge is 0.493 e. The monoisotopic (exact) mass is 235 g/mol. The number of methoxy groups -OCH3 is 2. The van der Waals surface area contributed by atoms with E-state index in [1.165, 1.54) is 0 Å². The number of ether oxygens (including phenoxy) is 2. The van der Waals surface area contributed by atoms with E-state index in [9.17, 15) is 0 Å². The molecular weight excluding hydrogens is 214 g/mol. The average molecular weight is 235 g/mol. The van der Waals surface area contributed by atoms with E-state index in [1.54, 1.807) is 14.2 Å². The third-order valence-corrected chi connectivity index (χ3v) is 2.76. The smallest absolute Gasteiger partial charge is 0.160 e. The topological polar surface area (TPSA) is 44.5 Å². The van der Waals surface area contributed by atoms with Gasteiger partial charge in [-0.3, -0.25) is 0 Å². The molecule has 3 nitrogen and oxygen atoms in total. The van der Waals surface area contributed by atoms with Gasteiger partial charge in [-0.05, 0) is 43.5 Å². The standard InChI is InChI=1S/C14H21NO2/c1-10(2)7-12(9-15)11-5-6-13(16-3)14(8-11)17-4/h5-6,8,12H,1,7,9,15H2,2-4H3. The Labute approximate surface area is 103 Å². The second kappa shape index (κ2) is 6.30. The maximum atomic E-state index is 5.80. The lowest BCUT2D eigenvalue weighted by molar-refractivity contribution is 0.354. The van der Waals surface area contributed by atoms with Crippen LogP contribution in [-0.4, -0.2) is 20.8 Å². The first kappa shape index (κ1) is 13.6. The van der Waals surface area contributed by atoms with Gasteiger partial charge in [0, 0.05) is 0 Å². The molecule has 17 heavy (non-hydrogen) atoms. The predicted octanol–water partition coefficient (Wildman–Crippen LogP) is 2.71. The van der Waals surface area contributed by atoms with E-state index < -0.39 is 0 Å². The van der Waals surface area contributed by atoms with Gasteiger partial charge in [0.2, 0.25) is 0 Å². The summed E-state index contributed by atoms with van der Waals surface area (Å²) in [6.45, 7) is 6.55. The summed E-state index contributed by atoms with van der Waals surface area (Å²) >= 11 is 0. The van der Waals surface area contributed by atoms with Crippen LogP contribution in [0.25, 0.3) is 0 Å². The summed E-state index contributed by atoms with van der Waals surface area (Å²) in [6.07, 6.45) is 0.895. The van der Waals surface area contributed by atoms with Crippen LogP contribution in [0.4, 0.5) is 0 Å². The van der Waals surface area contributed by atoms with Crippen molar-refractivity contribution in [2.75, 3.05) is 20.8 Å². The van der Waals surface area contributed by atoms with E-state index in [0.29, 0.717) is 6.54 Å². The molecule has 0 aliphatic rings. The van der Waals surface area contributed by atoms with Gasteiger partial charge in [0.15, 0.2) is 11.5 Å². The Kier molecular flexibility index (Phi) is 5.04. The highest BCUT2D eigenvalue weighted by Crippen LogP contribution is 2.32. The van der Waals surface area contributed by atoms with Crippen LogP contribution in [0, 0.1) is 0 Å². The quantitative estimate of drug-likeness (QED) is 0.771. The Morgan fingerprint density at radius 3 is 2.41 bits per heavy atom. The summed E-state index contributed by atoms with van der Waals surface area (Å²) in [5.41, 5.74) is 8.10. The van der Waals surface area contributed by atoms with E-state index in [1.807, 2.05) is 25.1 Å². The molecule has 1 aromatic rings. The van der Waals surface area contributed by atoms with Crippen molar-refractivity contribution in [2.24, 2.45) is 5.73 Å². The zero-order valence-corrected chi connectivity index (χ0v) is 10.8. The third kappa shape index (κ3) is 3.49. The van der Waals surface area contributed by atoms with E-state index >= 15 is 0 Å². The number of nitrogens with two attached hydrogens (primary N) is 1. The lowest BCUT2D eigenvalue weighted by Gasteiger charge is -2.17. The Hall–Kier alpha value is -1.48. The first-order valence-electron chi connectivity index (χ1n) is 5.68. The van der Waals surface area contributed by atoms with Gasteiger partial charge in [-0.1, -0.05) is 11.6 Å². The molecule has 1 aromatic carbocycles. The number of hydrogen-bond acceptors (Lipinski definition) is 3. The summed E-state index contributed by atoms with van der Waals surface area (Å²) < 4.78 is 10.5.